The number of carbonyl (C=O) groups is 1. The topological polar surface area (TPSA) is 75.4 Å². The van der Waals surface area contributed by atoms with Crippen LogP contribution in [0.3, 0.4) is 0 Å². The highest BCUT2D eigenvalue weighted by Gasteiger charge is 2.23. The van der Waals surface area contributed by atoms with E-state index in [9.17, 15) is 9.90 Å². The molecule has 1 aliphatic rings. The van der Waals surface area contributed by atoms with Crippen molar-refractivity contribution in [2.24, 2.45) is 5.73 Å². The lowest BCUT2D eigenvalue weighted by molar-refractivity contribution is 0.0818. The van der Waals surface area contributed by atoms with Gasteiger partial charge >= 0.3 is 0 Å². The van der Waals surface area contributed by atoms with E-state index < -0.39 is 6.10 Å². The van der Waals surface area contributed by atoms with Crippen molar-refractivity contribution in [3.05, 3.63) is 35.4 Å². The number of benzene rings is 1. The monoisotopic (exact) mass is 276 g/mol. The summed E-state index contributed by atoms with van der Waals surface area (Å²) in [6, 6.07) is 7.42. The Morgan fingerprint density at radius 2 is 2.10 bits per heavy atom. The maximum absolute atomic E-state index is 12.3. The Labute approximate surface area is 120 Å². The van der Waals surface area contributed by atoms with Crippen LogP contribution in [0.2, 0.25) is 0 Å². The first-order valence-corrected chi connectivity index (χ1v) is 7.48. The first-order chi connectivity index (χ1) is 9.70. The number of carbonyl (C=O) groups excluding carboxylic acids is 1. The largest absolute Gasteiger partial charge is 0.391 e. The molecule has 4 N–H and O–H groups in total. The highest BCUT2D eigenvalue weighted by molar-refractivity contribution is 5.94. The third-order valence-corrected chi connectivity index (χ3v) is 3.92. The lowest BCUT2D eigenvalue weighted by Crippen LogP contribution is -2.42. The Balaban J connectivity index is 2.01. The molecule has 2 rings (SSSR count). The number of hydrogen-bond acceptors (Lipinski definition) is 3. The zero-order chi connectivity index (χ0) is 14.4. The summed E-state index contributed by atoms with van der Waals surface area (Å²) in [4.78, 5) is 12.3. The zero-order valence-electron chi connectivity index (χ0n) is 11.8. The molecular weight excluding hydrogens is 252 g/mol. The van der Waals surface area contributed by atoms with Crippen molar-refractivity contribution in [2.75, 3.05) is 6.54 Å². The first kappa shape index (κ1) is 15.0. The average molecular weight is 276 g/mol. The Bertz CT molecular complexity index is 448. The standard InChI is InChI=1S/C16H24N2O2/c17-10-9-12-5-4-6-13(11-12)16(20)18-14-7-2-1-3-8-15(14)19/h4-6,11,14-15,19H,1-3,7-10,17H2,(H,18,20). The van der Waals surface area contributed by atoms with Gasteiger partial charge in [-0.15, -0.1) is 0 Å². The molecule has 1 aromatic rings. The third kappa shape index (κ3) is 4.05. The molecule has 1 amide bonds. The van der Waals surface area contributed by atoms with Crippen molar-refractivity contribution in [3.63, 3.8) is 0 Å². The van der Waals surface area contributed by atoms with Gasteiger partial charge in [0.15, 0.2) is 0 Å². The minimum Gasteiger partial charge on any atom is -0.391 e. The van der Waals surface area contributed by atoms with E-state index in [2.05, 4.69) is 5.32 Å². The van der Waals surface area contributed by atoms with Gasteiger partial charge in [-0.05, 0) is 43.5 Å². The zero-order valence-corrected chi connectivity index (χ0v) is 11.8. The van der Waals surface area contributed by atoms with Gasteiger partial charge in [-0.2, -0.15) is 0 Å². The van der Waals surface area contributed by atoms with Crippen LogP contribution in [-0.2, 0) is 6.42 Å². The summed E-state index contributed by atoms with van der Waals surface area (Å²) in [6.45, 7) is 0.576. The van der Waals surface area contributed by atoms with Crippen LogP contribution in [0.15, 0.2) is 24.3 Å². The quantitative estimate of drug-likeness (QED) is 0.731. The number of nitrogens with one attached hydrogen (secondary N) is 1. The summed E-state index contributed by atoms with van der Waals surface area (Å²) in [7, 11) is 0. The van der Waals surface area contributed by atoms with Crippen molar-refractivity contribution >= 4 is 5.91 Å². The van der Waals surface area contributed by atoms with Gasteiger partial charge in [0, 0.05) is 5.56 Å². The number of nitrogens with two attached hydrogens (primary N) is 1. The highest BCUT2D eigenvalue weighted by atomic mass is 16.3. The summed E-state index contributed by atoms with van der Waals surface area (Å²) in [5.41, 5.74) is 7.25. The Morgan fingerprint density at radius 1 is 1.30 bits per heavy atom. The number of aliphatic hydroxyl groups excluding tert-OH is 1. The number of hydrogen-bond donors (Lipinski definition) is 3. The molecule has 20 heavy (non-hydrogen) atoms. The maximum atomic E-state index is 12.3. The van der Waals surface area contributed by atoms with E-state index in [0.29, 0.717) is 12.1 Å². The van der Waals surface area contributed by atoms with Crippen LogP contribution in [0.25, 0.3) is 0 Å². The van der Waals surface area contributed by atoms with Crippen LogP contribution in [0, 0.1) is 0 Å². The summed E-state index contributed by atoms with van der Waals surface area (Å²) < 4.78 is 0. The predicted molar refractivity (Wildman–Crippen MR) is 79.5 cm³/mol. The molecule has 1 saturated carbocycles. The molecule has 0 bridgehead atoms. The van der Waals surface area contributed by atoms with Gasteiger partial charge in [-0.25, -0.2) is 0 Å². The van der Waals surface area contributed by atoms with E-state index >= 15 is 0 Å². The maximum Gasteiger partial charge on any atom is 0.251 e. The van der Waals surface area contributed by atoms with Crippen molar-refractivity contribution in [3.8, 4) is 0 Å². The molecule has 4 heteroatoms. The molecule has 0 aliphatic heterocycles. The molecular formula is C16H24N2O2. The highest BCUT2D eigenvalue weighted by Crippen LogP contribution is 2.18. The van der Waals surface area contributed by atoms with E-state index in [1.165, 1.54) is 0 Å². The van der Waals surface area contributed by atoms with E-state index in [1.807, 2.05) is 18.2 Å². The summed E-state index contributed by atoms with van der Waals surface area (Å²) in [5.74, 6) is -0.102. The minimum atomic E-state index is -0.423. The summed E-state index contributed by atoms with van der Waals surface area (Å²) in [5, 5.41) is 13.0. The Morgan fingerprint density at radius 3 is 2.90 bits per heavy atom. The molecule has 110 valence electrons. The Kier molecular flexibility index (Phi) is 5.56. The van der Waals surface area contributed by atoms with Crippen LogP contribution in [-0.4, -0.2) is 29.7 Å². The van der Waals surface area contributed by atoms with E-state index in [0.717, 1.165) is 44.1 Å². The van der Waals surface area contributed by atoms with Crippen LogP contribution < -0.4 is 11.1 Å². The molecule has 0 heterocycles. The molecule has 0 radical (unpaired) electrons. The van der Waals surface area contributed by atoms with E-state index in [1.54, 1.807) is 6.07 Å². The molecule has 4 nitrogen and oxygen atoms in total. The predicted octanol–water partition coefficient (Wildman–Crippen LogP) is 1.61. The van der Waals surface area contributed by atoms with E-state index in [-0.39, 0.29) is 11.9 Å². The normalized spacial score (nSPS) is 23.1. The molecule has 1 aromatic carbocycles. The molecule has 1 aliphatic carbocycles. The van der Waals surface area contributed by atoms with Gasteiger partial charge in [-0.3, -0.25) is 4.79 Å². The fourth-order valence-corrected chi connectivity index (χ4v) is 2.74. The Hall–Kier alpha value is -1.39. The fraction of sp³-hybridized carbons (Fsp3) is 0.562. The van der Waals surface area contributed by atoms with Crippen molar-refractivity contribution in [2.45, 2.75) is 50.7 Å². The van der Waals surface area contributed by atoms with Gasteiger partial charge < -0.3 is 16.2 Å². The lowest BCUT2D eigenvalue weighted by atomic mass is 10.0. The molecule has 0 aromatic heterocycles. The summed E-state index contributed by atoms with van der Waals surface area (Å²) >= 11 is 0. The van der Waals surface area contributed by atoms with Crippen LogP contribution in [0.5, 0.6) is 0 Å². The molecule has 1 fully saturated rings. The van der Waals surface area contributed by atoms with Crippen molar-refractivity contribution in [1.29, 1.82) is 0 Å². The number of amides is 1. The molecule has 0 saturated heterocycles. The van der Waals surface area contributed by atoms with E-state index in [4.69, 9.17) is 5.73 Å². The van der Waals surface area contributed by atoms with Gasteiger partial charge in [0.25, 0.3) is 5.91 Å². The number of aliphatic hydroxyl groups is 1. The lowest BCUT2D eigenvalue weighted by Gasteiger charge is -2.21. The van der Waals surface area contributed by atoms with Crippen LogP contribution in [0.1, 0.15) is 48.0 Å². The average Bonchev–Trinajstić information content (AvgIpc) is 2.65. The SMILES string of the molecule is NCCc1cccc(C(=O)NC2CCCCCC2O)c1. The second-order valence-corrected chi connectivity index (χ2v) is 5.52. The second kappa shape index (κ2) is 7.41. The summed E-state index contributed by atoms with van der Waals surface area (Å²) in [6.07, 6.45) is 5.22. The van der Waals surface area contributed by atoms with Gasteiger partial charge in [0.05, 0.1) is 12.1 Å². The second-order valence-electron chi connectivity index (χ2n) is 5.52. The fourth-order valence-electron chi connectivity index (χ4n) is 2.74. The van der Waals surface area contributed by atoms with Crippen LogP contribution in [0.4, 0.5) is 0 Å². The first-order valence-electron chi connectivity index (χ1n) is 7.48. The van der Waals surface area contributed by atoms with Gasteiger partial charge in [0.1, 0.15) is 0 Å². The van der Waals surface area contributed by atoms with Crippen molar-refractivity contribution in [1.82, 2.24) is 5.32 Å². The molecule has 2 unspecified atom stereocenters. The smallest absolute Gasteiger partial charge is 0.251 e. The van der Waals surface area contributed by atoms with Crippen molar-refractivity contribution < 1.29 is 9.90 Å². The van der Waals surface area contributed by atoms with Crippen LogP contribution >= 0.6 is 0 Å². The van der Waals surface area contributed by atoms with Gasteiger partial charge in [-0.1, -0.05) is 31.4 Å². The number of rotatable bonds is 4. The third-order valence-electron chi connectivity index (χ3n) is 3.92. The molecule has 2 atom stereocenters. The van der Waals surface area contributed by atoms with Gasteiger partial charge in [0.2, 0.25) is 0 Å². The minimum absolute atomic E-state index is 0.102. The molecule has 0 spiro atoms.